The zero-order valence-corrected chi connectivity index (χ0v) is 13.0. The predicted octanol–water partition coefficient (Wildman–Crippen LogP) is 3.48. The molecule has 1 atom stereocenters. The van der Waals surface area contributed by atoms with Gasteiger partial charge in [0.1, 0.15) is 0 Å². The fourth-order valence-electron chi connectivity index (χ4n) is 2.09. The first-order valence-corrected chi connectivity index (χ1v) is 7.35. The van der Waals surface area contributed by atoms with Crippen molar-refractivity contribution in [2.45, 2.75) is 19.4 Å². The third-order valence-electron chi connectivity index (χ3n) is 3.62. The molecule has 1 aromatic carbocycles. The molecule has 4 heteroatoms. The van der Waals surface area contributed by atoms with Gasteiger partial charge in [-0.1, -0.05) is 17.7 Å². The van der Waals surface area contributed by atoms with Crippen molar-refractivity contribution in [2.75, 3.05) is 13.6 Å². The molecule has 110 valence electrons. The molecule has 0 amide bonds. The summed E-state index contributed by atoms with van der Waals surface area (Å²) in [7, 11) is 1.96. The van der Waals surface area contributed by atoms with Gasteiger partial charge in [-0.25, -0.2) is 0 Å². The van der Waals surface area contributed by atoms with E-state index in [4.69, 9.17) is 11.6 Å². The van der Waals surface area contributed by atoms with Crippen LogP contribution in [0, 0.1) is 0 Å². The maximum absolute atomic E-state index is 12.4. The summed E-state index contributed by atoms with van der Waals surface area (Å²) in [6, 6.07) is 12.7. The second-order valence-electron chi connectivity index (χ2n) is 5.10. The van der Waals surface area contributed by atoms with Crippen LogP contribution in [0.3, 0.4) is 0 Å². The summed E-state index contributed by atoms with van der Waals surface area (Å²) >= 11 is 5.85. The molecule has 0 saturated carbocycles. The maximum atomic E-state index is 12.4. The van der Waals surface area contributed by atoms with Gasteiger partial charge in [-0.3, -0.25) is 14.7 Å². The number of hydrogen-bond donors (Lipinski definition) is 0. The van der Waals surface area contributed by atoms with E-state index in [0.29, 0.717) is 10.6 Å². The van der Waals surface area contributed by atoms with E-state index >= 15 is 0 Å². The largest absolute Gasteiger partial charge is 0.296 e. The van der Waals surface area contributed by atoms with Crippen molar-refractivity contribution in [1.82, 2.24) is 9.88 Å². The van der Waals surface area contributed by atoms with Crippen molar-refractivity contribution in [3.8, 4) is 0 Å². The predicted molar refractivity (Wildman–Crippen MR) is 85.8 cm³/mol. The van der Waals surface area contributed by atoms with E-state index in [-0.39, 0.29) is 11.8 Å². The monoisotopic (exact) mass is 302 g/mol. The van der Waals surface area contributed by atoms with Crippen molar-refractivity contribution < 1.29 is 4.79 Å². The Hall–Kier alpha value is -1.71. The van der Waals surface area contributed by atoms with Crippen molar-refractivity contribution in [2.24, 2.45) is 0 Å². The molecule has 0 aliphatic carbocycles. The molecule has 0 spiro atoms. The van der Waals surface area contributed by atoms with Gasteiger partial charge >= 0.3 is 0 Å². The van der Waals surface area contributed by atoms with Crippen LogP contribution in [-0.2, 0) is 6.42 Å². The van der Waals surface area contributed by atoms with E-state index in [9.17, 15) is 4.79 Å². The first kappa shape index (κ1) is 15.7. The summed E-state index contributed by atoms with van der Waals surface area (Å²) in [6.07, 6.45) is 2.62. The number of carbonyl (C=O) groups is 1. The molecule has 0 bridgehead atoms. The Balaban J connectivity index is 1.93. The topological polar surface area (TPSA) is 33.2 Å². The molecule has 0 radical (unpaired) electrons. The fraction of sp³-hybridized carbons (Fsp3) is 0.294. The quantitative estimate of drug-likeness (QED) is 0.766. The number of pyridine rings is 1. The average Bonchev–Trinajstić information content (AvgIpc) is 2.53. The van der Waals surface area contributed by atoms with Crippen LogP contribution in [0.2, 0.25) is 5.02 Å². The maximum Gasteiger partial charge on any atom is 0.179 e. The van der Waals surface area contributed by atoms with E-state index in [1.54, 1.807) is 30.5 Å². The first-order chi connectivity index (χ1) is 10.1. The zero-order chi connectivity index (χ0) is 15.2. The molecule has 21 heavy (non-hydrogen) atoms. The molecular formula is C17H19ClN2O. The lowest BCUT2D eigenvalue weighted by atomic mass is 10.0. The smallest absolute Gasteiger partial charge is 0.179 e. The summed E-state index contributed by atoms with van der Waals surface area (Å²) in [5, 5.41) is 0.641. The number of aromatic nitrogens is 1. The Morgan fingerprint density at radius 3 is 2.57 bits per heavy atom. The fourth-order valence-corrected chi connectivity index (χ4v) is 2.21. The minimum absolute atomic E-state index is 0.107. The van der Waals surface area contributed by atoms with Crippen LogP contribution in [0.5, 0.6) is 0 Å². The van der Waals surface area contributed by atoms with Crippen molar-refractivity contribution in [3.63, 3.8) is 0 Å². The van der Waals surface area contributed by atoms with E-state index in [0.717, 1.165) is 18.7 Å². The number of rotatable bonds is 6. The lowest BCUT2D eigenvalue weighted by molar-refractivity contribution is 0.0869. The van der Waals surface area contributed by atoms with Gasteiger partial charge in [-0.05, 0) is 50.4 Å². The molecule has 2 aromatic rings. The number of halogens is 1. The van der Waals surface area contributed by atoms with Crippen LogP contribution in [-0.4, -0.2) is 35.3 Å². The Labute approximate surface area is 130 Å². The molecule has 1 unspecified atom stereocenters. The zero-order valence-electron chi connectivity index (χ0n) is 12.3. The van der Waals surface area contributed by atoms with Crippen LogP contribution >= 0.6 is 11.6 Å². The Morgan fingerprint density at radius 1 is 1.24 bits per heavy atom. The van der Waals surface area contributed by atoms with Gasteiger partial charge in [0.05, 0.1) is 6.04 Å². The third-order valence-corrected chi connectivity index (χ3v) is 3.87. The standard InChI is InChI=1S/C17H19ClN2O/c1-13(17(21)14-6-8-15(18)9-7-14)20(2)12-10-16-5-3-4-11-19-16/h3-9,11,13H,10,12H2,1-2H3. The lowest BCUT2D eigenvalue weighted by Crippen LogP contribution is -2.37. The van der Waals surface area contributed by atoms with Crippen molar-refractivity contribution in [1.29, 1.82) is 0 Å². The van der Waals surface area contributed by atoms with Crippen LogP contribution in [0.25, 0.3) is 0 Å². The molecule has 2 rings (SSSR count). The van der Waals surface area contributed by atoms with Crippen LogP contribution in [0.1, 0.15) is 23.0 Å². The van der Waals surface area contributed by atoms with Gasteiger partial charge in [-0.15, -0.1) is 0 Å². The van der Waals surface area contributed by atoms with Gasteiger partial charge < -0.3 is 0 Å². The van der Waals surface area contributed by atoms with Crippen LogP contribution in [0.4, 0.5) is 0 Å². The molecule has 0 fully saturated rings. The Kier molecular flexibility index (Phi) is 5.48. The first-order valence-electron chi connectivity index (χ1n) is 6.98. The second-order valence-corrected chi connectivity index (χ2v) is 5.54. The van der Waals surface area contributed by atoms with E-state index in [1.165, 1.54) is 0 Å². The number of ketones is 1. The number of nitrogens with zero attached hydrogens (tertiary/aromatic N) is 2. The van der Waals surface area contributed by atoms with Gasteiger partial charge in [-0.2, -0.15) is 0 Å². The highest BCUT2D eigenvalue weighted by Gasteiger charge is 2.19. The van der Waals surface area contributed by atoms with E-state index in [2.05, 4.69) is 4.98 Å². The van der Waals surface area contributed by atoms with Gasteiger partial charge in [0.25, 0.3) is 0 Å². The minimum Gasteiger partial charge on any atom is -0.296 e. The number of likely N-dealkylation sites (N-methyl/N-ethyl adjacent to an activating group) is 1. The average molecular weight is 303 g/mol. The number of benzene rings is 1. The van der Waals surface area contributed by atoms with Gasteiger partial charge in [0, 0.05) is 35.4 Å². The highest BCUT2D eigenvalue weighted by Crippen LogP contribution is 2.13. The number of hydrogen-bond acceptors (Lipinski definition) is 3. The van der Waals surface area contributed by atoms with Gasteiger partial charge in [0.15, 0.2) is 5.78 Å². The summed E-state index contributed by atoms with van der Waals surface area (Å²) in [5.41, 5.74) is 1.73. The van der Waals surface area contributed by atoms with Crippen molar-refractivity contribution >= 4 is 17.4 Å². The summed E-state index contributed by atoms with van der Waals surface area (Å²) < 4.78 is 0. The molecule has 0 saturated heterocycles. The lowest BCUT2D eigenvalue weighted by Gasteiger charge is -2.23. The van der Waals surface area contributed by atoms with Gasteiger partial charge in [0.2, 0.25) is 0 Å². The number of carbonyl (C=O) groups excluding carboxylic acids is 1. The SMILES string of the molecule is CC(C(=O)c1ccc(Cl)cc1)N(C)CCc1ccccn1. The van der Waals surface area contributed by atoms with E-state index < -0.39 is 0 Å². The highest BCUT2D eigenvalue weighted by molar-refractivity contribution is 6.30. The van der Waals surface area contributed by atoms with Crippen LogP contribution < -0.4 is 0 Å². The Morgan fingerprint density at radius 2 is 1.95 bits per heavy atom. The summed E-state index contributed by atoms with van der Waals surface area (Å²) in [5.74, 6) is 0.107. The normalized spacial score (nSPS) is 12.4. The third kappa shape index (κ3) is 4.38. The van der Waals surface area contributed by atoms with E-state index in [1.807, 2.05) is 37.1 Å². The molecule has 1 heterocycles. The minimum atomic E-state index is -0.171. The summed E-state index contributed by atoms with van der Waals surface area (Å²) in [6.45, 7) is 2.72. The van der Waals surface area contributed by atoms with Crippen LogP contribution in [0.15, 0.2) is 48.7 Å². The summed E-state index contributed by atoms with van der Waals surface area (Å²) in [4.78, 5) is 18.8. The molecular weight excluding hydrogens is 284 g/mol. The van der Waals surface area contributed by atoms with Crippen molar-refractivity contribution in [3.05, 3.63) is 64.9 Å². The highest BCUT2D eigenvalue weighted by atomic mass is 35.5. The molecule has 0 aliphatic heterocycles. The second kappa shape index (κ2) is 7.34. The molecule has 0 aliphatic rings. The molecule has 1 aromatic heterocycles. The molecule has 0 N–H and O–H groups in total. The molecule has 3 nitrogen and oxygen atoms in total. The number of Topliss-reactive ketones (excluding diaryl/α,β-unsaturated/α-hetero) is 1. The Bertz CT molecular complexity index is 583.